The third kappa shape index (κ3) is 4.21. The minimum atomic E-state index is -0.278. The number of aromatic nitrogens is 5. The summed E-state index contributed by atoms with van der Waals surface area (Å²) in [5.41, 5.74) is 3.04. The number of nitrogens with zero attached hydrogens (tertiary/aromatic N) is 4. The van der Waals surface area contributed by atoms with Crippen molar-refractivity contribution in [3.05, 3.63) is 64.3 Å². The van der Waals surface area contributed by atoms with Gasteiger partial charge in [-0.3, -0.25) is 14.5 Å². The Balaban J connectivity index is 1.84. The van der Waals surface area contributed by atoms with Crippen molar-refractivity contribution in [1.29, 1.82) is 0 Å². The molecule has 4 rings (SSSR count). The Morgan fingerprint density at radius 3 is 2.62 bits per heavy atom. The fourth-order valence-electron chi connectivity index (χ4n) is 3.68. The number of fused-ring (bicyclic) bond motifs is 1. The molecule has 3 aromatic heterocycles. The maximum absolute atomic E-state index is 13.0. The van der Waals surface area contributed by atoms with Crippen molar-refractivity contribution >= 4 is 11.0 Å². The van der Waals surface area contributed by atoms with Gasteiger partial charge >= 0.3 is 0 Å². The zero-order valence-electron chi connectivity index (χ0n) is 18.6. The molecule has 166 valence electrons. The van der Waals surface area contributed by atoms with Crippen molar-refractivity contribution < 1.29 is 9.47 Å². The fraction of sp³-hybridized carbons (Fsp3) is 0.333. The standard InChI is InChI=1S/C24H27N5O3/c1-4-9-18-21-22(28-29(18)15-17-20(31-3)12-8-13-25-17)24(30)27-23(26-21)16-10-6-7-11-19(16)32-14-5-2/h6-8,10-13H,4-5,9,14-15H2,1-3H3,(H,26,27,30). The van der Waals surface area contributed by atoms with E-state index in [2.05, 4.69) is 28.9 Å². The Labute approximate surface area is 186 Å². The van der Waals surface area contributed by atoms with Gasteiger partial charge in [0.15, 0.2) is 5.52 Å². The van der Waals surface area contributed by atoms with E-state index in [1.807, 2.05) is 41.1 Å². The minimum Gasteiger partial charge on any atom is -0.495 e. The summed E-state index contributed by atoms with van der Waals surface area (Å²) in [5, 5.41) is 4.59. The van der Waals surface area contributed by atoms with Gasteiger partial charge in [0.05, 0.1) is 31.5 Å². The maximum Gasteiger partial charge on any atom is 0.279 e. The van der Waals surface area contributed by atoms with Gasteiger partial charge in [0, 0.05) is 6.20 Å². The van der Waals surface area contributed by atoms with Crippen molar-refractivity contribution in [2.24, 2.45) is 0 Å². The lowest BCUT2D eigenvalue weighted by Crippen LogP contribution is -2.11. The second-order valence-corrected chi connectivity index (χ2v) is 7.46. The summed E-state index contributed by atoms with van der Waals surface area (Å²) in [6, 6.07) is 11.3. The first-order chi connectivity index (χ1) is 15.7. The van der Waals surface area contributed by atoms with Crippen LogP contribution in [-0.2, 0) is 13.0 Å². The molecule has 8 heteroatoms. The second-order valence-electron chi connectivity index (χ2n) is 7.46. The highest BCUT2D eigenvalue weighted by Gasteiger charge is 2.19. The number of benzene rings is 1. The van der Waals surface area contributed by atoms with Gasteiger partial charge < -0.3 is 14.5 Å². The summed E-state index contributed by atoms with van der Waals surface area (Å²) in [6.45, 7) is 5.12. The first kappa shape index (κ1) is 21.5. The minimum absolute atomic E-state index is 0.278. The Morgan fingerprint density at radius 2 is 1.84 bits per heavy atom. The highest BCUT2D eigenvalue weighted by molar-refractivity contribution is 5.79. The zero-order chi connectivity index (χ0) is 22.5. The molecule has 0 radical (unpaired) electrons. The molecule has 0 amide bonds. The van der Waals surface area contributed by atoms with Crippen LogP contribution in [0, 0.1) is 0 Å². The van der Waals surface area contributed by atoms with Crippen LogP contribution in [0.5, 0.6) is 11.5 Å². The Bertz CT molecular complexity index is 1280. The zero-order valence-corrected chi connectivity index (χ0v) is 18.6. The smallest absolute Gasteiger partial charge is 0.279 e. The predicted octanol–water partition coefficient (Wildman–Crippen LogP) is 3.98. The molecule has 4 aromatic rings. The summed E-state index contributed by atoms with van der Waals surface area (Å²) in [6.07, 6.45) is 4.23. The Kier molecular flexibility index (Phi) is 6.49. The first-order valence-corrected chi connectivity index (χ1v) is 10.9. The molecule has 0 aliphatic heterocycles. The SMILES string of the molecule is CCCOc1ccccc1-c1nc2c(CCC)n(Cc3ncccc3OC)nc2c(=O)[nH]1. The van der Waals surface area contributed by atoms with Gasteiger partial charge in [-0.05, 0) is 37.1 Å². The number of methoxy groups -OCH3 is 1. The number of nitrogens with one attached hydrogen (secondary N) is 1. The van der Waals surface area contributed by atoms with E-state index in [0.29, 0.717) is 41.5 Å². The van der Waals surface area contributed by atoms with E-state index in [1.165, 1.54) is 0 Å². The van der Waals surface area contributed by atoms with E-state index in [-0.39, 0.29) is 5.56 Å². The average Bonchev–Trinajstić information content (AvgIpc) is 3.16. The number of rotatable bonds is 9. The molecular weight excluding hydrogens is 406 g/mol. The van der Waals surface area contributed by atoms with Crippen molar-refractivity contribution in [2.45, 2.75) is 39.7 Å². The van der Waals surface area contributed by atoms with Gasteiger partial charge in [-0.15, -0.1) is 0 Å². The lowest BCUT2D eigenvalue weighted by atomic mass is 10.1. The topological polar surface area (TPSA) is 94.9 Å². The summed E-state index contributed by atoms with van der Waals surface area (Å²) < 4.78 is 13.1. The van der Waals surface area contributed by atoms with Crippen LogP contribution in [-0.4, -0.2) is 38.4 Å². The van der Waals surface area contributed by atoms with Crippen LogP contribution in [0.2, 0.25) is 0 Å². The lowest BCUT2D eigenvalue weighted by Gasteiger charge is -2.11. The summed E-state index contributed by atoms with van der Waals surface area (Å²) in [5.74, 6) is 1.85. The largest absolute Gasteiger partial charge is 0.495 e. The number of pyridine rings is 1. The molecule has 0 saturated carbocycles. The molecule has 8 nitrogen and oxygen atoms in total. The van der Waals surface area contributed by atoms with Crippen LogP contribution in [0.1, 0.15) is 38.1 Å². The molecule has 1 aromatic carbocycles. The monoisotopic (exact) mass is 433 g/mol. The number of aryl methyl sites for hydroxylation is 1. The number of ether oxygens (including phenoxy) is 2. The van der Waals surface area contributed by atoms with Gasteiger partial charge in [-0.1, -0.05) is 32.4 Å². The highest BCUT2D eigenvalue weighted by Crippen LogP contribution is 2.28. The first-order valence-electron chi connectivity index (χ1n) is 10.9. The molecule has 1 N–H and O–H groups in total. The molecule has 0 fully saturated rings. The van der Waals surface area contributed by atoms with Crippen LogP contribution < -0.4 is 15.0 Å². The number of H-pyrrole nitrogens is 1. The number of aromatic amines is 1. The third-order valence-corrected chi connectivity index (χ3v) is 5.16. The number of hydrogen-bond donors (Lipinski definition) is 1. The van der Waals surface area contributed by atoms with Gasteiger partial charge in [0.2, 0.25) is 0 Å². The normalized spacial score (nSPS) is 11.1. The van der Waals surface area contributed by atoms with Crippen LogP contribution in [0.4, 0.5) is 0 Å². The predicted molar refractivity (Wildman–Crippen MR) is 123 cm³/mol. The maximum atomic E-state index is 13.0. The molecule has 0 aliphatic carbocycles. The molecule has 0 atom stereocenters. The second kappa shape index (κ2) is 9.64. The van der Waals surface area contributed by atoms with Gasteiger partial charge in [-0.25, -0.2) is 4.98 Å². The van der Waals surface area contributed by atoms with Gasteiger partial charge in [0.25, 0.3) is 5.56 Å². The van der Waals surface area contributed by atoms with Crippen molar-refractivity contribution in [1.82, 2.24) is 24.7 Å². The van der Waals surface area contributed by atoms with Crippen LogP contribution in [0.15, 0.2) is 47.4 Å². The molecule has 0 unspecified atom stereocenters. The summed E-state index contributed by atoms with van der Waals surface area (Å²) >= 11 is 0. The Morgan fingerprint density at radius 1 is 1.03 bits per heavy atom. The molecule has 0 spiro atoms. The van der Waals surface area contributed by atoms with Gasteiger partial charge in [0.1, 0.15) is 28.5 Å². The fourth-order valence-corrected chi connectivity index (χ4v) is 3.68. The number of para-hydroxylation sites is 1. The van der Waals surface area contributed by atoms with Crippen molar-refractivity contribution in [3.63, 3.8) is 0 Å². The van der Waals surface area contributed by atoms with Crippen LogP contribution in [0.25, 0.3) is 22.4 Å². The van der Waals surface area contributed by atoms with Crippen LogP contribution in [0.3, 0.4) is 0 Å². The van der Waals surface area contributed by atoms with Crippen LogP contribution >= 0.6 is 0 Å². The van der Waals surface area contributed by atoms with E-state index in [4.69, 9.17) is 14.5 Å². The van der Waals surface area contributed by atoms with E-state index >= 15 is 0 Å². The quantitative estimate of drug-likeness (QED) is 0.429. The van der Waals surface area contributed by atoms with E-state index < -0.39 is 0 Å². The van der Waals surface area contributed by atoms with Crippen molar-refractivity contribution in [3.8, 4) is 22.9 Å². The Hall–Kier alpha value is -3.68. The molecule has 0 bridgehead atoms. The number of hydrogen-bond acceptors (Lipinski definition) is 6. The summed E-state index contributed by atoms with van der Waals surface area (Å²) in [4.78, 5) is 25.1. The lowest BCUT2D eigenvalue weighted by molar-refractivity contribution is 0.318. The van der Waals surface area contributed by atoms with E-state index in [9.17, 15) is 4.79 Å². The van der Waals surface area contributed by atoms with E-state index in [1.54, 1.807) is 13.3 Å². The molecule has 0 aliphatic rings. The third-order valence-electron chi connectivity index (χ3n) is 5.16. The molecule has 32 heavy (non-hydrogen) atoms. The van der Waals surface area contributed by atoms with E-state index in [0.717, 1.165) is 36.2 Å². The van der Waals surface area contributed by atoms with Gasteiger partial charge in [-0.2, -0.15) is 5.10 Å². The van der Waals surface area contributed by atoms with Crippen molar-refractivity contribution in [2.75, 3.05) is 13.7 Å². The highest BCUT2D eigenvalue weighted by atomic mass is 16.5. The average molecular weight is 434 g/mol. The molecular formula is C24H27N5O3. The molecule has 0 saturated heterocycles. The molecule has 3 heterocycles. The summed E-state index contributed by atoms with van der Waals surface area (Å²) in [7, 11) is 1.61.